The summed E-state index contributed by atoms with van der Waals surface area (Å²) in [5, 5.41) is 7.39. The van der Waals surface area contributed by atoms with Crippen molar-refractivity contribution in [1.82, 2.24) is 19.7 Å². The first-order valence-corrected chi connectivity index (χ1v) is 14.6. The number of fused-ring (bicyclic) bond motifs is 1. The van der Waals surface area contributed by atoms with Crippen molar-refractivity contribution in [3.63, 3.8) is 0 Å². The van der Waals surface area contributed by atoms with Crippen molar-refractivity contribution in [3.05, 3.63) is 116 Å². The van der Waals surface area contributed by atoms with Gasteiger partial charge in [-0.05, 0) is 86.9 Å². The third-order valence-corrected chi connectivity index (χ3v) is 8.77. The van der Waals surface area contributed by atoms with Gasteiger partial charge in [-0.3, -0.25) is 24.2 Å². The number of halogens is 3. The van der Waals surface area contributed by atoms with E-state index in [1.165, 1.54) is 41.4 Å². The molecule has 3 atom stereocenters. The van der Waals surface area contributed by atoms with Crippen LogP contribution in [0.1, 0.15) is 71.3 Å². The summed E-state index contributed by atoms with van der Waals surface area (Å²) in [6.07, 6.45) is 9.39. The van der Waals surface area contributed by atoms with Crippen LogP contribution in [0.25, 0.3) is 17.1 Å². The van der Waals surface area contributed by atoms with Crippen LogP contribution in [0.15, 0.2) is 70.7 Å². The Balaban J connectivity index is 1.36. The van der Waals surface area contributed by atoms with Crippen LogP contribution in [0.5, 0.6) is 0 Å². The molecule has 4 aromatic rings. The number of nitrogens with zero attached hydrogens (tertiary/aromatic N) is 4. The van der Waals surface area contributed by atoms with Crippen LogP contribution >= 0.6 is 11.6 Å². The van der Waals surface area contributed by atoms with Crippen molar-refractivity contribution < 1.29 is 13.6 Å². The number of aryl methyl sites for hydroxylation is 1. The molecular weight excluding hydrogens is 572 g/mol. The van der Waals surface area contributed by atoms with Crippen LogP contribution < -0.4 is 5.56 Å². The van der Waals surface area contributed by atoms with Crippen molar-refractivity contribution in [2.45, 2.75) is 51.5 Å². The molecule has 220 valence electrons. The van der Waals surface area contributed by atoms with Gasteiger partial charge >= 0.3 is 0 Å². The molecule has 2 aromatic carbocycles. The minimum atomic E-state index is -0.705. The molecule has 1 aliphatic heterocycles. The van der Waals surface area contributed by atoms with Gasteiger partial charge in [0.1, 0.15) is 16.7 Å². The van der Waals surface area contributed by atoms with Crippen molar-refractivity contribution >= 4 is 40.3 Å². The lowest BCUT2D eigenvalue weighted by atomic mass is 9.97. The number of pyridine rings is 1. The van der Waals surface area contributed by atoms with E-state index in [-0.39, 0.29) is 45.6 Å². The van der Waals surface area contributed by atoms with E-state index >= 15 is 4.39 Å². The lowest BCUT2D eigenvalue weighted by Gasteiger charge is -2.39. The molecule has 7 nitrogen and oxygen atoms in total. The number of aromatic amines is 1. The smallest absolute Gasteiger partial charge is 0.273 e. The van der Waals surface area contributed by atoms with E-state index in [1.54, 1.807) is 43.0 Å². The van der Waals surface area contributed by atoms with E-state index in [2.05, 4.69) is 15.2 Å². The minimum absolute atomic E-state index is 0.0257. The molecule has 2 aliphatic rings. The molecule has 1 amide bonds. The molecule has 2 fully saturated rings. The molecular formula is C33H30ClF2N5O2. The number of rotatable bonds is 7. The van der Waals surface area contributed by atoms with Crippen molar-refractivity contribution in [1.29, 1.82) is 0 Å². The van der Waals surface area contributed by atoms with Gasteiger partial charge in [0.15, 0.2) is 0 Å². The highest BCUT2D eigenvalue weighted by molar-refractivity contribution is 6.31. The molecule has 2 aromatic heterocycles. The Bertz CT molecular complexity index is 1890. The lowest BCUT2D eigenvalue weighted by Crippen LogP contribution is -2.49. The maximum atomic E-state index is 16.2. The van der Waals surface area contributed by atoms with E-state index in [1.807, 2.05) is 13.0 Å². The molecule has 1 N–H and O–H groups in total. The summed E-state index contributed by atoms with van der Waals surface area (Å²) < 4.78 is 31.0. The Kier molecular flexibility index (Phi) is 7.60. The van der Waals surface area contributed by atoms with Crippen LogP contribution in [0.2, 0.25) is 5.02 Å². The van der Waals surface area contributed by atoms with Gasteiger partial charge in [-0.15, -0.1) is 0 Å². The van der Waals surface area contributed by atoms with Gasteiger partial charge < -0.3 is 4.90 Å². The molecule has 0 bridgehead atoms. The average Bonchev–Trinajstić information content (AvgIpc) is 3.64. The molecule has 10 heteroatoms. The third-order valence-electron chi connectivity index (χ3n) is 8.39. The molecule has 1 saturated carbocycles. The van der Waals surface area contributed by atoms with Gasteiger partial charge in [0.2, 0.25) is 0 Å². The average molecular weight is 602 g/mol. The Morgan fingerprint density at radius 3 is 2.63 bits per heavy atom. The standard InChI is InChI=1S/C33H30ClF2N5O2/c1-4-11-37-27(25-16-28-26(17-38-39-28)29(31(25)36)32(42)40-12-9-18(40)2)10-13-41-19(3)14-24(30(34)33(41)43)23-15-22(23)20-5-7-21(35)8-6-20/h4-8,10-11,13-14,16-18,22-23H,9,12,15H2,1-3H3,(H,38,39)/b11-4+,13-10+,37-27-. The van der Waals surface area contributed by atoms with Gasteiger partial charge in [-0.1, -0.05) is 29.8 Å². The van der Waals surface area contributed by atoms with Gasteiger partial charge in [0.05, 0.1) is 23.0 Å². The molecule has 43 heavy (non-hydrogen) atoms. The second-order valence-corrected chi connectivity index (χ2v) is 11.5. The zero-order chi connectivity index (χ0) is 30.4. The fourth-order valence-electron chi connectivity index (χ4n) is 5.75. The lowest BCUT2D eigenvalue weighted by molar-refractivity contribution is 0.0499. The van der Waals surface area contributed by atoms with Crippen LogP contribution in [0.4, 0.5) is 8.78 Å². The number of benzene rings is 2. The second kappa shape index (κ2) is 11.4. The fourth-order valence-corrected chi connectivity index (χ4v) is 6.03. The molecule has 6 rings (SSSR count). The number of carbonyl (C=O) groups is 1. The second-order valence-electron chi connectivity index (χ2n) is 11.1. The summed E-state index contributed by atoms with van der Waals surface area (Å²) in [4.78, 5) is 32.9. The first-order valence-electron chi connectivity index (χ1n) is 14.2. The van der Waals surface area contributed by atoms with Crippen LogP contribution in [0, 0.1) is 18.6 Å². The first kappa shape index (κ1) is 28.7. The van der Waals surface area contributed by atoms with E-state index in [0.29, 0.717) is 23.1 Å². The number of aromatic nitrogens is 3. The molecule has 1 saturated heterocycles. The summed E-state index contributed by atoms with van der Waals surface area (Å²) in [5.41, 5.74) is 2.74. The Morgan fingerprint density at radius 1 is 1.19 bits per heavy atom. The topological polar surface area (TPSA) is 83.3 Å². The van der Waals surface area contributed by atoms with Crippen LogP contribution in [-0.4, -0.2) is 43.9 Å². The maximum Gasteiger partial charge on any atom is 0.273 e. The number of amides is 1. The number of H-pyrrole nitrogens is 1. The number of aliphatic imine (C=N–C) groups is 1. The summed E-state index contributed by atoms with van der Waals surface area (Å²) in [5.74, 6) is -1.16. The van der Waals surface area contributed by atoms with E-state index < -0.39 is 17.3 Å². The Hall–Kier alpha value is -4.37. The summed E-state index contributed by atoms with van der Waals surface area (Å²) in [7, 11) is 0. The monoisotopic (exact) mass is 601 g/mol. The maximum absolute atomic E-state index is 16.2. The predicted molar refractivity (Wildman–Crippen MR) is 165 cm³/mol. The molecule has 0 radical (unpaired) electrons. The third kappa shape index (κ3) is 5.22. The van der Waals surface area contributed by atoms with Crippen molar-refractivity contribution in [2.24, 2.45) is 4.99 Å². The van der Waals surface area contributed by atoms with Gasteiger partial charge in [-0.25, -0.2) is 8.78 Å². The Labute approximate surface area is 252 Å². The zero-order valence-electron chi connectivity index (χ0n) is 23.9. The van der Waals surface area contributed by atoms with Crippen LogP contribution in [-0.2, 0) is 0 Å². The summed E-state index contributed by atoms with van der Waals surface area (Å²) in [6.45, 7) is 6.07. The SMILES string of the molecule is C/C=C/N=C(/C=C/n1c(C)cc(C2CC2c2ccc(F)cc2)c(Cl)c1=O)c1cc2[nH]ncc2c(C(=O)N2CCC2C)c1F. The molecule has 3 heterocycles. The number of carbonyl (C=O) groups excluding carboxylic acids is 1. The zero-order valence-corrected chi connectivity index (χ0v) is 24.7. The normalized spacial score (nSPS) is 20.4. The number of hydrogen-bond donors (Lipinski definition) is 1. The van der Waals surface area contributed by atoms with E-state index in [9.17, 15) is 14.0 Å². The minimum Gasteiger partial charge on any atom is -0.336 e. The first-order chi connectivity index (χ1) is 20.7. The highest BCUT2D eigenvalue weighted by Gasteiger charge is 2.41. The quantitative estimate of drug-likeness (QED) is 0.232. The number of nitrogens with one attached hydrogen (secondary N) is 1. The summed E-state index contributed by atoms with van der Waals surface area (Å²) >= 11 is 6.61. The van der Waals surface area contributed by atoms with Gasteiger partial charge in [0.25, 0.3) is 11.5 Å². The van der Waals surface area contributed by atoms with E-state index in [0.717, 1.165) is 24.0 Å². The predicted octanol–water partition coefficient (Wildman–Crippen LogP) is 6.96. The van der Waals surface area contributed by atoms with Gasteiger partial charge in [-0.2, -0.15) is 5.10 Å². The molecule has 3 unspecified atom stereocenters. The van der Waals surface area contributed by atoms with Crippen molar-refractivity contribution in [2.75, 3.05) is 6.54 Å². The fraction of sp³-hybridized carbons (Fsp3) is 0.273. The summed E-state index contributed by atoms with van der Waals surface area (Å²) in [6, 6.07) is 9.87. The van der Waals surface area contributed by atoms with Crippen LogP contribution in [0.3, 0.4) is 0 Å². The highest BCUT2D eigenvalue weighted by Crippen LogP contribution is 2.55. The van der Waals surface area contributed by atoms with E-state index in [4.69, 9.17) is 11.6 Å². The molecule has 1 aliphatic carbocycles. The highest BCUT2D eigenvalue weighted by atomic mass is 35.5. The van der Waals surface area contributed by atoms with Gasteiger partial charge in [0, 0.05) is 41.6 Å². The van der Waals surface area contributed by atoms with Crippen molar-refractivity contribution in [3.8, 4) is 0 Å². The Morgan fingerprint density at radius 2 is 1.95 bits per heavy atom. The number of likely N-dealkylation sites (tertiary alicyclic amines) is 1. The largest absolute Gasteiger partial charge is 0.336 e. The number of hydrogen-bond acceptors (Lipinski definition) is 4. The molecule has 0 spiro atoms. The number of allylic oxidation sites excluding steroid dienone is 2.